The molecule has 0 atom stereocenters. The SMILES string of the molecule is COc1ccc(-n2ncc3c(N4CCN(c5ccccc5Cl)CC4)ncnc32)cc1. The Morgan fingerprint density at radius 2 is 1.63 bits per heavy atom. The van der Waals surface area contributed by atoms with Gasteiger partial charge in [0.15, 0.2) is 5.65 Å². The third kappa shape index (κ3) is 3.31. The zero-order valence-electron chi connectivity index (χ0n) is 16.6. The van der Waals surface area contributed by atoms with Crippen molar-refractivity contribution in [3.8, 4) is 11.4 Å². The molecule has 4 aromatic rings. The van der Waals surface area contributed by atoms with Crippen molar-refractivity contribution in [2.45, 2.75) is 0 Å². The molecule has 8 heteroatoms. The molecule has 1 aliphatic heterocycles. The maximum atomic E-state index is 6.37. The maximum Gasteiger partial charge on any atom is 0.168 e. The molecule has 5 rings (SSSR count). The van der Waals surface area contributed by atoms with Gasteiger partial charge in [-0.1, -0.05) is 23.7 Å². The lowest BCUT2D eigenvalue weighted by Gasteiger charge is -2.37. The quantitative estimate of drug-likeness (QED) is 0.500. The summed E-state index contributed by atoms with van der Waals surface area (Å²) in [5.74, 6) is 1.72. The number of hydrogen-bond donors (Lipinski definition) is 0. The number of rotatable bonds is 4. The minimum atomic E-state index is 0.788. The van der Waals surface area contributed by atoms with Crippen molar-refractivity contribution in [2.24, 2.45) is 0 Å². The second-order valence-electron chi connectivity index (χ2n) is 7.11. The van der Waals surface area contributed by atoms with Crippen molar-refractivity contribution in [3.05, 3.63) is 66.1 Å². The summed E-state index contributed by atoms with van der Waals surface area (Å²) >= 11 is 6.37. The largest absolute Gasteiger partial charge is 0.497 e. The molecule has 0 aliphatic carbocycles. The van der Waals surface area contributed by atoms with Gasteiger partial charge in [-0.05, 0) is 36.4 Å². The van der Waals surface area contributed by atoms with Crippen LogP contribution in [0.25, 0.3) is 16.7 Å². The second kappa shape index (κ2) is 7.84. The van der Waals surface area contributed by atoms with Crippen molar-refractivity contribution >= 4 is 34.1 Å². The van der Waals surface area contributed by atoms with Crippen molar-refractivity contribution in [1.82, 2.24) is 19.7 Å². The van der Waals surface area contributed by atoms with Crippen molar-refractivity contribution in [2.75, 3.05) is 43.1 Å². The summed E-state index contributed by atoms with van der Waals surface area (Å²) in [5.41, 5.74) is 2.80. The molecule has 0 spiro atoms. The normalized spacial score (nSPS) is 14.3. The van der Waals surface area contributed by atoms with Gasteiger partial charge in [0.05, 0.1) is 35.1 Å². The molecule has 7 nitrogen and oxygen atoms in total. The maximum absolute atomic E-state index is 6.37. The van der Waals surface area contributed by atoms with Crippen LogP contribution in [0.2, 0.25) is 5.02 Å². The molecule has 1 aliphatic rings. The van der Waals surface area contributed by atoms with E-state index in [9.17, 15) is 0 Å². The van der Waals surface area contributed by atoms with E-state index >= 15 is 0 Å². The predicted molar refractivity (Wildman–Crippen MR) is 119 cm³/mol. The van der Waals surface area contributed by atoms with E-state index < -0.39 is 0 Å². The lowest BCUT2D eigenvalue weighted by atomic mass is 10.2. The highest BCUT2D eigenvalue weighted by Gasteiger charge is 2.22. The van der Waals surface area contributed by atoms with Gasteiger partial charge in [0.2, 0.25) is 0 Å². The van der Waals surface area contributed by atoms with Crippen LogP contribution >= 0.6 is 11.6 Å². The highest BCUT2D eigenvalue weighted by Crippen LogP contribution is 2.29. The number of aromatic nitrogens is 4. The Hall–Kier alpha value is -3.32. The van der Waals surface area contributed by atoms with Crippen molar-refractivity contribution in [3.63, 3.8) is 0 Å². The summed E-state index contributed by atoms with van der Waals surface area (Å²) in [6, 6.07) is 15.8. The number of piperazine rings is 1. The predicted octanol–water partition coefficient (Wildman–Crippen LogP) is 3.80. The number of nitrogens with zero attached hydrogens (tertiary/aromatic N) is 6. The van der Waals surface area contributed by atoms with Crippen LogP contribution in [0.1, 0.15) is 0 Å². The van der Waals surface area contributed by atoms with Crippen LogP contribution in [-0.4, -0.2) is 53.0 Å². The Kier molecular flexibility index (Phi) is 4.88. The first kappa shape index (κ1) is 18.7. The monoisotopic (exact) mass is 420 g/mol. The summed E-state index contributed by atoms with van der Waals surface area (Å²) in [6.45, 7) is 3.46. The molecule has 30 heavy (non-hydrogen) atoms. The fraction of sp³-hybridized carbons (Fsp3) is 0.227. The Labute approximate surface area is 179 Å². The molecule has 152 valence electrons. The molecule has 3 heterocycles. The molecule has 1 saturated heterocycles. The van der Waals surface area contributed by atoms with Gasteiger partial charge in [-0.2, -0.15) is 5.10 Å². The fourth-order valence-electron chi connectivity index (χ4n) is 3.86. The second-order valence-corrected chi connectivity index (χ2v) is 7.52. The van der Waals surface area contributed by atoms with E-state index in [1.54, 1.807) is 13.4 Å². The highest BCUT2D eigenvalue weighted by atomic mass is 35.5. The molecular formula is C22H21ClN6O. The van der Waals surface area contributed by atoms with Crippen molar-refractivity contribution < 1.29 is 4.74 Å². The molecule has 0 amide bonds. The number of anilines is 2. The van der Waals surface area contributed by atoms with E-state index in [0.717, 1.165) is 65.2 Å². The Morgan fingerprint density at radius 3 is 2.37 bits per heavy atom. The van der Waals surface area contributed by atoms with Crippen LogP contribution in [0.4, 0.5) is 11.5 Å². The van der Waals surface area contributed by atoms with Crippen LogP contribution in [-0.2, 0) is 0 Å². The Balaban J connectivity index is 1.40. The topological polar surface area (TPSA) is 59.3 Å². The first-order chi connectivity index (χ1) is 14.7. The summed E-state index contributed by atoms with van der Waals surface area (Å²) in [4.78, 5) is 13.7. The summed E-state index contributed by atoms with van der Waals surface area (Å²) < 4.78 is 7.08. The molecule has 1 fully saturated rings. The molecule has 0 saturated carbocycles. The zero-order valence-corrected chi connectivity index (χ0v) is 17.3. The van der Waals surface area contributed by atoms with Crippen LogP contribution < -0.4 is 14.5 Å². The standard InChI is InChI=1S/C22H21ClN6O/c1-30-17-8-6-16(7-9-17)29-22-18(14-26-29)21(24-15-25-22)28-12-10-27(11-13-28)20-5-3-2-4-19(20)23/h2-9,14-15H,10-13H2,1H3. The molecule has 2 aromatic carbocycles. The van der Waals surface area contributed by atoms with Gasteiger partial charge in [-0.25, -0.2) is 14.6 Å². The van der Waals surface area contributed by atoms with Crippen LogP contribution in [0.15, 0.2) is 61.1 Å². The van der Waals surface area contributed by atoms with Gasteiger partial charge in [-0.15, -0.1) is 0 Å². The number of hydrogen-bond acceptors (Lipinski definition) is 6. The van der Waals surface area contributed by atoms with E-state index in [2.05, 4.69) is 30.9 Å². The molecule has 2 aromatic heterocycles. The van der Waals surface area contributed by atoms with Gasteiger partial charge < -0.3 is 14.5 Å². The van der Waals surface area contributed by atoms with E-state index in [-0.39, 0.29) is 0 Å². The lowest BCUT2D eigenvalue weighted by molar-refractivity contribution is 0.414. The first-order valence-electron chi connectivity index (χ1n) is 9.82. The van der Waals surface area contributed by atoms with Crippen LogP contribution in [0.3, 0.4) is 0 Å². The van der Waals surface area contributed by atoms with Crippen LogP contribution in [0.5, 0.6) is 5.75 Å². The van der Waals surface area contributed by atoms with Gasteiger partial charge in [-0.3, -0.25) is 0 Å². The first-order valence-corrected chi connectivity index (χ1v) is 10.2. The third-order valence-electron chi connectivity index (χ3n) is 5.43. The molecule has 0 N–H and O–H groups in total. The van der Waals surface area contributed by atoms with Gasteiger partial charge in [0, 0.05) is 26.2 Å². The van der Waals surface area contributed by atoms with Crippen LogP contribution in [0, 0.1) is 0 Å². The Morgan fingerprint density at radius 1 is 0.900 bits per heavy atom. The van der Waals surface area contributed by atoms with E-state index in [4.69, 9.17) is 16.3 Å². The number of halogens is 1. The Bertz CT molecular complexity index is 1170. The third-order valence-corrected chi connectivity index (χ3v) is 5.75. The van der Waals surface area contributed by atoms with E-state index in [0.29, 0.717) is 0 Å². The smallest absolute Gasteiger partial charge is 0.168 e. The number of methoxy groups -OCH3 is 1. The van der Waals surface area contributed by atoms with E-state index in [1.165, 1.54) is 0 Å². The average Bonchev–Trinajstić information content (AvgIpc) is 3.24. The molecule has 0 unspecified atom stereocenters. The number of ether oxygens (including phenoxy) is 1. The summed E-state index contributed by atoms with van der Waals surface area (Å²) in [7, 11) is 1.66. The van der Waals surface area contributed by atoms with Gasteiger partial charge >= 0.3 is 0 Å². The minimum Gasteiger partial charge on any atom is -0.497 e. The lowest BCUT2D eigenvalue weighted by Crippen LogP contribution is -2.47. The van der Waals surface area contributed by atoms with Crippen molar-refractivity contribution in [1.29, 1.82) is 0 Å². The summed E-state index contributed by atoms with van der Waals surface area (Å²) in [6.07, 6.45) is 3.45. The summed E-state index contributed by atoms with van der Waals surface area (Å²) in [5, 5.41) is 6.30. The van der Waals surface area contributed by atoms with Gasteiger partial charge in [0.1, 0.15) is 17.9 Å². The highest BCUT2D eigenvalue weighted by molar-refractivity contribution is 6.33. The van der Waals surface area contributed by atoms with Gasteiger partial charge in [0.25, 0.3) is 0 Å². The zero-order chi connectivity index (χ0) is 20.5. The molecular weight excluding hydrogens is 400 g/mol. The fourth-order valence-corrected chi connectivity index (χ4v) is 4.12. The molecule has 0 bridgehead atoms. The number of para-hydroxylation sites is 1. The minimum absolute atomic E-state index is 0.788. The number of fused-ring (bicyclic) bond motifs is 1. The van der Waals surface area contributed by atoms with E-state index in [1.807, 2.05) is 53.3 Å². The average molecular weight is 421 g/mol. The number of benzene rings is 2. The molecule has 0 radical (unpaired) electrons.